The number of hydrogen-bond donors (Lipinski definition) is 0. The topological polar surface area (TPSA) is 24.9 Å². The van der Waals surface area contributed by atoms with Crippen LogP contribution in [0.25, 0.3) is 43.8 Å². The summed E-state index contributed by atoms with van der Waals surface area (Å²) in [5.41, 5.74) is 8.52. The molecule has 236 valence electrons. The standard InChI is InChI=1S/C45H34N2O2/c1-3-41-42(4-2)47(36-29-25-34(26-30-36)32-17-9-6-10-18-32)45(46(41)35-27-23-33(24-28-35)31-15-7-5-8-16-31)48-43-39-21-13-11-19-37(39)38-20-12-14-22-40(38)44(43)49-45/h3-30H,1-2H3/b41-3+,42-4+. The number of rotatable bonds is 4. The molecule has 9 rings (SSSR count). The van der Waals surface area contributed by atoms with Crippen molar-refractivity contribution in [3.05, 3.63) is 181 Å². The van der Waals surface area contributed by atoms with Gasteiger partial charge in [-0.3, -0.25) is 0 Å². The number of hydrogen-bond acceptors (Lipinski definition) is 4. The molecule has 1 spiro atoms. The van der Waals surface area contributed by atoms with Gasteiger partial charge in [-0.15, -0.1) is 0 Å². The van der Waals surface area contributed by atoms with Gasteiger partial charge in [0.15, 0.2) is 11.5 Å². The molecule has 0 radical (unpaired) electrons. The minimum absolute atomic E-state index is 0.735. The van der Waals surface area contributed by atoms with E-state index in [0.29, 0.717) is 0 Å². The highest BCUT2D eigenvalue weighted by atomic mass is 16.8. The molecule has 49 heavy (non-hydrogen) atoms. The van der Waals surface area contributed by atoms with Crippen LogP contribution in [0.1, 0.15) is 13.8 Å². The summed E-state index contributed by atoms with van der Waals surface area (Å²) >= 11 is 0. The molecule has 0 atom stereocenters. The Morgan fingerprint density at radius 1 is 0.388 bits per heavy atom. The SMILES string of the molecule is C/C=C1\C(=C/C)N(c2ccc(-c3ccccc3)cc2)C2(Oc3c(c4ccccc4c4ccccc34)O2)N1c1ccc(-c2ccccc2)cc1. The smallest absolute Gasteiger partial charge is 0.413 e. The number of fused-ring (bicyclic) bond motifs is 6. The second-order valence-electron chi connectivity index (χ2n) is 12.3. The van der Waals surface area contributed by atoms with E-state index in [-0.39, 0.29) is 0 Å². The summed E-state index contributed by atoms with van der Waals surface area (Å²) in [6.07, 6.45) is 4.29. The zero-order chi connectivity index (χ0) is 33.0. The minimum atomic E-state index is -1.39. The van der Waals surface area contributed by atoms with Gasteiger partial charge in [0, 0.05) is 10.8 Å². The summed E-state index contributed by atoms with van der Waals surface area (Å²) in [4.78, 5) is 4.40. The van der Waals surface area contributed by atoms with E-state index >= 15 is 0 Å². The maximum atomic E-state index is 7.35. The molecular formula is C45H34N2O2. The normalized spacial score (nSPS) is 16.4. The van der Waals surface area contributed by atoms with Gasteiger partial charge in [0.05, 0.1) is 22.8 Å². The summed E-state index contributed by atoms with van der Waals surface area (Å²) in [6.45, 7) is 4.15. The predicted octanol–water partition coefficient (Wildman–Crippen LogP) is 11.5. The fourth-order valence-corrected chi connectivity index (χ4v) is 7.41. The lowest BCUT2D eigenvalue weighted by Crippen LogP contribution is -2.60. The predicted molar refractivity (Wildman–Crippen MR) is 202 cm³/mol. The van der Waals surface area contributed by atoms with Crippen molar-refractivity contribution in [3.8, 4) is 33.8 Å². The highest BCUT2D eigenvalue weighted by Gasteiger charge is 2.62. The third-order valence-electron chi connectivity index (χ3n) is 9.63. The van der Waals surface area contributed by atoms with Crippen LogP contribution >= 0.6 is 0 Å². The minimum Gasteiger partial charge on any atom is -0.413 e. The maximum Gasteiger partial charge on any atom is 0.444 e. The summed E-state index contributed by atoms with van der Waals surface area (Å²) in [6, 6.07) is 53.7. The molecule has 0 amide bonds. The van der Waals surface area contributed by atoms with Crippen LogP contribution in [0.2, 0.25) is 0 Å². The fraction of sp³-hybridized carbons (Fsp3) is 0.0667. The Morgan fingerprint density at radius 2 is 0.714 bits per heavy atom. The first-order valence-electron chi connectivity index (χ1n) is 16.8. The lowest BCUT2D eigenvalue weighted by atomic mass is 10.0. The fourth-order valence-electron chi connectivity index (χ4n) is 7.41. The second kappa shape index (κ2) is 11.5. The van der Waals surface area contributed by atoms with Gasteiger partial charge < -0.3 is 9.47 Å². The first-order chi connectivity index (χ1) is 24.2. The van der Waals surface area contributed by atoms with E-state index in [1.807, 2.05) is 12.1 Å². The number of anilines is 2. The number of ether oxygens (including phenoxy) is 2. The average Bonchev–Trinajstić information content (AvgIpc) is 3.71. The molecule has 0 aliphatic carbocycles. The molecule has 0 saturated carbocycles. The van der Waals surface area contributed by atoms with Crippen molar-refractivity contribution in [1.29, 1.82) is 0 Å². The van der Waals surface area contributed by atoms with E-state index in [9.17, 15) is 0 Å². The van der Waals surface area contributed by atoms with Gasteiger partial charge >= 0.3 is 6.03 Å². The van der Waals surface area contributed by atoms with Crippen molar-refractivity contribution >= 4 is 32.9 Å². The van der Waals surface area contributed by atoms with Gasteiger partial charge in [0.1, 0.15) is 0 Å². The van der Waals surface area contributed by atoms with Gasteiger partial charge in [-0.2, -0.15) is 0 Å². The summed E-state index contributed by atoms with van der Waals surface area (Å²) in [5.74, 6) is 1.47. The van der Waals surface area contributed by atoms with Gasteiger partial charge in [0.25, 0.3) is 0 Å². The molecule has 2 aliphatic rings. The van der Waals surface area contributed by atoms with Crippen molar-refractivity contribution in [2.24, 2.45) is 0 Å². The Labute approximate surface area is 286 Å². The summed E-state index contributed by atoms with van der Waals surface area (Å²) in [7, 11) is 0. The zero-order valence-corrected chi connectivity index (χ0v) is 27.4. The van der Waals surface area contributed by atoms with Crippen molar-refractivity contribution in [2.75, 3.05) is 9.80 Å². The third-order valence-corrected chi connectivity index (χ3v) is 9.63. The largest absolute Gasteiger partial charge is 0.444 e. The van der Waals surface area contributed by atoms with Crippen LogP contribution in [-0.4, -0.2) is 6.03 Å². The van der Waals surface area contributed by atoms with E-state index in [1.54, 1.807) is 0 Å². The van der Waals surface area contributed by atoms with Crippen LogP contribution in [0.5, 0.6) is 11.5 Å². The molecule has 7 aromatic carbocycles. The molecule has 2 aliphatic heterocycles. The zero-order valence-electron chi connectivity index (χ0n) is 27.4. The summed E-state index contributed by atoms with van der Waals surface area (Å²) in [5, 5.41) is 4.29. The van der Waals surface area contributed by atoms with Crippen molar-refractivity contribution in [1.82, 2.24) is 0 Å². The first-order valence-corrected chi connectivity index (χ1v) is 16.8. The van der Waals surface area contributed by atoms with Crippen LogP contribution in [-0.2, 0) is 0 Å². The molecule has 4 heteroatoms. The Balaban J connectivity index is 1.27. The maximum absolute atomic E-state index is 7.35. The van der Waals surface area contributed by atoms with Crippen LogP contribution in [0.15, 0.2) is 181 Å². The quantitative estimate of drug-likeness (QED) is 0.180. The Bertz CT molecular complexity index is 2220. The van der Waals surface area contributed by atoms with Gasteiger partial charge in [-0.1, -0.05) is 146 Å². The highest BCUT2D eigenvalue weighted by molar-refractivity contribution is 6.14. The van der Waals surface area contributed by atoms with Gasteiger partial charge in [-0.25, -0.2) is 9.80 Å². The van der Waals surface area contributed by atoms with Crippen molar-refractivity contribution in [2.45, 2.75) is 19.9 Å². The molecule has 1 saturated heterocycles. The van der Waals surface area contributed by atoms with Gasteiger partial charge in [0.2, 0.25) is 0 Å². The Kier molecular flexibility index (Phi) is 6.77. The molecule has 0 unspecified atom stereocenters. The van der Waals surface area contributed by atoms with E-state index < -0.39 is 6.03 Å². The number of nitrogens with zero attached hydrogens (tertiary/aromatic N) is 2. The molecular weight excluding hydrogens is 601 g/mol. The van der Waals surface area contributed by atoms with E-state index in [4.69, 9.17) is 9.47 Å². The molecule has 4 nitrogen and oxygen atoms in total. The summed E-state index contributed by atoms with van der Waals surface area (Å²) < 4.78 is 14.7. The molecule has 0 aromatic heterocycles. The lowest BCUT2D eigenvalue weighted by molar-refractivity contribution is -0.0597. The van der Waals surface area contributed by atoms with E-state index in [0.717, 1.165) is 66.9 Å². The molecule has 0 N–H and O–H groups in total. The average molecular weight is 635 g/mol. The first kappa shape index (κ1) is 28.9. The van der Waals surface area contributed by atoms with Crippen LogP contribution in [0.4, 0.5) is 11.4 Å². The van der Waals surface area contributed by atoms with E-state index in [1.165, 1.54) is 11.1 Å². The monoisotopic (exact) mass is 634 g/mol. The molecule has 0 bridgehead atoms. The second-order valence-corrected chi connectivity index (χ2v) is 12.3. The van der Waals surface area contributed by atoms with E-state index in [2.05, 4.69) is 181 Å². The Hall–Kier alpha value is -6.26. The van der Waals surface area contributed by atoms with Crippen molar-refractivity contribution in [3.63, 3.8) is 0 Å². The molecule has 2 heterocycles. The van der Waals surface area contributed by atoms with Crippen LogP contribution in [0.3, 0.4) is 0 Å². The van der Waals surface area contributed by atoms with Crippen LogP contribution < -0.4 is 19.3 Å². The highest BCUT2D eigenvalue weighted by Crippen LogP contribution is 2.57. The van der Waals surface area contributed by atoms with Crippen LogP contribution in [0, 0.1) is 0 Å². The Morgan fingerprint density at radius 3 is 1.08 bits per heavy atom. The van der Waals surface area contributed by atoms with Gasteiger partial charge in [-0.05, 0) is 71.1 Å². The lowest BCUT2D eigenvalue weighted by Gasteiger charge is -2.38. The van der Waals surface area contributed by atoms with Crippen molar-refractivity contribution < 1.29 is 9.47 Å². The molecule has 7 aromatic rings. The molecule has 1 fully saturated rings. The third kappa shape index (κ3) is 4.45. The number of benzene rings is 7. The number of allylic oxidation sites excluding steroid dienone is 2.